The van der Waals surface area contributed by atoms with Crippen LogP contribution in [0, 0.1) is 17.2 Å². The smallest absolute Gasteiger partial charge is 0.239 e. The average molecular weight is 421 g/mol. The Morgan fingerprint density at radius 3 is 2.46 bits per heavy atom. The van der Waals surface area contributed by atoms with Gasteiger partial charge in [-0.1, -0.05) is 37.6 Å². The molecule has 0 saturated carbocycles. The molecule has 0 aliphatic rings. The molecule has 1 amide bonds. The number of anilines is 1. The van der Waals surface area contributed by atoms with Gasteiger partial charge in [0.2, 0.25) is 5.91 Å². The Morgan fingerprint density at radius 2 is 1.89 bits per heavy atom. The van der Waals surface area contributed by atoms with E-state index in [0.717, 1.165) is 0 Å². The van der Waals surface area contributed by atoms with Crippen molar-refractivity contribution in [2.45, 2.75) is 19.6 Å². The predicted octanol–water partition coefficient (Wildman–Crippen LogP) is 3.80. The third kappa shape index (κ3) is 6.87. The molecule has 0 fully saturated rings. The van der Waals surface area contributed by atoms with E-state index in [1.165, 1.54) is 18.2 Å². The molecule has 0 heterocycles. The van der Waals surface area contributed by atoms with Crippen molar-refractivity contribution in [2.75, 3.05) is 17.7 Å². The van der Waals surface area contributed by atoms with Crippen LogP contribution in [0.25, 0.3) is 0 Å². The van der Waals surface area contributed by atoms with Gasteiger partial charge in [0.05, 0.1) is 29.0 Å². The highest BCUT2D eigenvalue weighted by Crippen LogP contribution is 2.28. The lowest BCUT2D eigenvalue weighted by atomic mass is 10.2. The number of nitrogens with zero attached hydrogens (tertiary/aromatic N) is 1. The van der Waals surface area contributed by atoms with Crippen LogP contribution >= 0.6 is 11.6 Å². The van der Waals surface area contributed by atoms with Gasteiger partial charge in [-0.15, -0.1) is 0 Å². The molecule has 2 aromatic carbocycles. The van der Waals surface area contributed by atoms with Crippen molar-refractivity contribution in [3.8, 4) is 11.8 Å². The first-order valence-electron chi connectivity index (χ1n) is 8.60. The summed E-state index contributed by atoms with van der Waals surface area (Å²) in [4.78, 5) is 12.1. The fourth-order valence-corrected chi connectivity index (χ4v) is 3.84. The van der Waals surface area contributed by atoms with Gasteiger partial charge >= 0.3 is 0 Å². The Morgan fingerprint density at radius 1 is 1.21 bits per heavy atom. The summed E-state index contributed by atoms with van der Waals surface area (Å²) in [5, 5.41) is 11.6. The molecule has 0 atom stereocenters. The van der Waals surface area contributed by atoms with E-state index in [2.05, 4.69) is 5.32 Å². The van der Waals surface area contributed by atoms with Crippen molar-refractivity contribution >= 4 is 33.0 Å². The van der Waals surface area contributed by atoms with Gasteiger partial charge in [-0.3, -0.25) is 4.79 Å². The van der Waals surface area contributed by atoms with E-state index in [1.807, 2.05) is 19.9 Å². The van der Waals surface area contributed by atoms with Gasteiger partial charge in [0.1, 0.15) is 11.5 Å². The van der Waals surface area contributed by atoms with Crippen molar-refractivity contribution in [3.63, 3.8) is 0 Å². The largest absolute Gasteiger partial charge is 0.492 e. The van der Waals surface area contributed by atoms with E-state index in [9.17, 15) is 13.2 Å². The standard InChI is InChI=1S/C20H21ClN2O4S/c1-14(2)11-27-19-8-7-17(9-18(19)21)23-20(24)13-28(25,26)12-16-5-3-15(10-22)4-6-16/h3-9,14H,11-13H2,1-2H3,(H,23,24). The Kier molecular flexibility index (Phi) is 7.44. The van der Waals surface area contributed by atoms with Crippen molar-refractivity contribution < 1.29 is 17.9 Å². The minimum Gasteiger partial charge on any atom is -0.492 e. The van der Waals surface area contributed by atoms with Crippen LogP contribution in [0.5, 0.6) is 5.75 Å². The lowest BCUT2D eigenvalue weighted by molar-refractivity contribution is -0.113. The first kappa shape index (κ1) is 21.7. The molecular weight excluding hydrogens is 400 g/mol. The first-order chi connectivity index (χ1) is 13.2. The van der Waals surface area contributed by atoms with Gasteiger partial charge in [0.15, 0.2) is 9.84 Å². The maximum absolute atomic E-state index is 12.3. The second-order valence-corrected chi connectivity index (χ2v) is 9.21. The number of amides is 1. The third-order valence-electron chi connectivity index (χ3n) is 3.61. The van der Waals surface area contributed by atoms with E-state index < -0.39 is 21.5 Å². The minimum absolute atomic E-state index is 0.283. The molecule has 0 aromatic heterocycles. The van der Waals surface area contributed by atoms with E-state index in [4.69, 9.17) is 21.6 Å². The summed E-state index contributed by atoms with van der Waals surface area (Å²) >= 11 is 6.14. The number of hydrogen-bond acceptors (Lipinski definition) is 5. The number of nitriles is 1. The molecular formula is C20H21ClN2O4S. The maximum atomic E-state index is 12.3. The number of halogens is 1. The molecule has 148 valence electrons. The zero-order valence-corrected chi connectivity index (χ0v) is 17.2. The van der Waals surface area contributed by atoms with Gasteiger partial charge < -0.3 is 10.1 Å². The number of benzene rings is 2. The SMILES string of the molecule is CC(C)COc1ccc(NC(=O)CS(=O)(=O)Cc2ccc(C#N)cc2)cc1Cl. The maximum Gasteiger partial charge on any atom is 0.239 e. The monoisotopic (exact) mass is 420 g/mol. The van der Waals surface area contributed by atoms with Crippen LogP contribution in [0.3, 0.4) is 0 Å². The lowest BCUT2D eigenvalue weighted by Gasteiger charge is -2.12. The van der Waals surface area contributed by atoms with Crippen molar-refractivity contribution in [2.24, 2.45) is 5.92 Å². The second kappa shape index (κ2) is 9.58. The molecule has 0 saturated heterocycles. The molecule has 0 aliphatic carbocycles. The van der Waals surface area contributed by atoms with Crippen LogP contribution in [0.4, 0.5) is 5.69 Å². The molecule has 0 radical (unpaired) electrons. The summed E-state index contributed by atoms with van der Waals surface area (Å²) < 4.78 is 30.1. The normalized spacial score (nSPS) is 11.1. The zero-order chi connectivity index (χ0) is 20.7. The first-order valence-corrected chi connectivity index (χ1v) is 10.8. The highest BCUT2D eigenvalue weighted by atomic mass is 35.5. The number of carbonyl (C=O) groups excluding carboxylic acids is 1. The van der Waals surface area contributed by atoms with E-state index >= 15 is 0 Å². The van der Waals surface area contributed by atoms with E-state index in [0.29, 0.717) is 40.1 Å². The Bertz CT molecular complexity index is 980. The number of sulfone groups is 1. The van der Waals surface area contributed by atoms with Crippen LogP contribution < -0.4 is 10.1 Å². The number of carbonyl (C=O) groups is 1. The molecule has 0 unspecified atom stereocenters. The molecule has 6 nitrogen and oxygen atoms in total. The van der Waals surface area contributed by atoms with Crippen LogP contribution in [-0.2, 0) is 20.4 Å². The molecule has 28 heavy (non-hydrogen) atoms. The Balaban J connectivity index is 1.96. The molecule has 0 bridgehead atoms. The van der Waals surface area contributed by atoms with Crippen LogP contribution in [0.2, 0.25) is 5.02 Å². The summed E-state index contributed by atoms with van der Waals surface area (Å²) in [5.74, 6) is -0.746. The van der Waals surface area contributed by atoms with Gasteiger partial charge in [-0.25, -0.2) is 8.42 Å². The molecule has 1 N–H and O–H groups in total. The summed E-state index contributed by atoms with van der Waals surface area (Å²) in [6.45, 7) is 4.54. The molecule has 2 aromatic rings. The molecule has 2 rings (SSSR count). The summed E-state index contributed by atoms with van der Waals surface area (Å²) in [6, 6.07) is 12.9. The molecule has 0 spiro atoms. The number of hydrogen-bond donors (Lipinski definition) is 1. The van der Waals surface area contributed by atoms with Gasteiger partial charge in [-0.2, -0.15) is 5.26 Å². The predicted molar refractivity (Wildman–Crippen MR) is 109 cm³/mol. The number of rotatable bonds is 8. The van der Waals surface area contributed by atoms with Crippen LogP contribution in [0.15, 0.2) is 42.5 Å². The van der Waals surface area contributed by atoms with E-state index in [1.54, 1.807) is 24.3 Å². The van der Waals surface area contributed by atoms with Crippen molar-refractivity contribution in [1.82, 2.24) is 0 Å². The fourth-order valence-electron chi connectivity index (χ4n) is 2.33. The van der Waals surface area contributed by atoms with Gasteiger partial charge in [-0.05, 0) is 41.8 Å². The topological polar surface area (TPSA) is 96.3 Å². The molecule has 0 aliphatic heterocycles. The minimum atomic E-state index is -3.66. The van der Waals surface area contributed by atoms with E-state index in [-0.39, 0.29) is 5.75 Å². The highest BCUT2D eigenvalue weighted by Gasteiger charge is 2.18. The zero-order valence-electron chi connectivity index (χ0n) is 15.6. The quantitative estimate of drug-likeness (QED) is 0.700. The molecule has 8 heteroatoms. The average Bonchev–Trinajstić information content (AvgIpc) is 2.60. The highest BCUT2D eigenvalue weighted by molar-refractivity contribution is 7.91. The second-order valence-electron chi connectivity index (χ2n) is 6.74. The number of ether oxygens (including phenoxy) is 1. The Hall–Kier alpha value is -2.56. The summed E-state index contributed by atoms with van der Waals surface area (Å²) in [7, 11) is -3.66. The third-order valence-corrected chi connectivity index (χ3v) is 5.38. The van der Waals surface area contributed by atoms with Crippen molar-refractivity contribution in [1.29, 1.82) is 5.26 Å². The lowest BCUT2D eigenvalue weighted by Crippen LogP contribution is -2.24. The van der Waals surface area contributed by atoms with Crippen LogP contribution in [0.1, 0.15) is 25.0 Å². The van der Waals surface area contributed by atoms with Crippen LogP contribution in [-0.4, -0.2) is 26.7 Å². The van der Waals surface area contributed by atoms with Gasteiger partial charge in [0, 0.05) is 5.69 Å². The Labute approximate surface area is 170 Å². The summed E-state index contributed by atoms with van der Waals surface area (Å²) in [6.07, 6.45) is 0. The van der Waals surface area contributed by atoms with Gasteiger partial charge in [0.25, 0.3) is 0 Å². The summed E-state index contributed by atoms with van der Waals surface area (Å²) in [5.41, 5.74) is 1.35. The number of nitrogens with one attached hydrogen (secondary N) is 1. The fraction of sp³-hybridized carbons (Fsp3) is 0.300. The van der Waals surface area contributed by atoms with Crippen molar-refractivity contribution in [3.05, 3.63) is 58.6 Å².